The number of carbonyl (C=O) groups is 1. The molecule has 1 N–H and O–H groups in total. The number of nitrogens with zero attached hydrogens (tertiary/aromatic N) is 3. The second kappa shape index (κ2) is 8.87. The molecule has 0 saturated heterocycles. The molecule has 0 fully saturated rings. The Hall–Kier alpha value is -3.52. The third-order valence-electron chi connectivity index (χ3n) is 4.48. The standard InChI is InChI=1S/C22H20N4O3S/c1-26-20(18-12-7-13-29-18)24-25-22(26)30-19(15-8-4-3-5-9-15)21(27)23-16-10-6-11-17(14-16)28-2/h3-14,19H,1-2H3,(H,23,27). The predicted molar refractivity (Wildman–Crippen MR) is 115 cm³/mol. The maximum atomic E-state index is 13.2. The summed E-state index contributed by atoms with van der Waals surface area (Å²) in [4.78, 5) is 13.2. The topological polar surface area (TPSA) is 82.2 Å². The van der Waals surface area contributed by atoms with Crippen molar-refractivity contribution in [3.8, 4) is 17.3 Å². The van der Waals surface area contributed by atoms with E-state index in [1.165, 1.54) is 11.8 Å². The summed E-state index contributed by atoms with van der Waals surface area (Å²) >= 11 is 1.33. The number of aromatic nitrogens is 3. The summed E-state index contributed by atoms with van der Waals surface area (Å²) in [5, 5.41) is 11.5. The highest BCUT2D eigenvalue weighted by atomic mass is 32.2. The number of thioether (sulfide) groups is 1. The van der Waals surface area contributed by atoms with Crippen molar-refractivity contribution in [1.29, 1.82) is 0 Å². The third-order valence-corrected chi connectivity index (χ3v) is 5.77. The van der Waals surface area contributed by atoms with Crippen LogP contribution in [0.2, 0.25) is 0 Å². The molecule has 0 spiro atoms. The first-order valence-corrected chi connectivity index (χ1v) is 10.1. The number of amides is 1. The number of rotatable bonds is 7. The summed E-state index contributed by atoms with van der Waals surface area (Å²) in [6.45, 7) is 0. The summed E-state index contributed by atoms with van der Waals surface area (Å²) in [6.07, 6.45) is 1.59. The monoisotopic (exact) mass is 420 g/mol. The highest BCUT2D eigenvalue weighted by molar-refractivity contribution is 8.00. The number of anilines is 1. The van der Waals surface area contributed by atoms with Crippen LogP contribution in [-0.4, -0.2) is 27.8 Å². The summed E-state index contributed by atoms with van der Waals surface area (Å²) in [5.74, 6) is 1.73. The molecule has 7 nitrogen and oxygen atoms in total. The molecule has 0 aliphatic carbocycles. The van der Waals surface area contributed by atoms with Gasteiger partial charge < -0.3 is 19.0 Å². The van der Waals surface area contributed by atoms with Crippen LogP contribution in [0.4, 0.5) is 5.69 Å². The van der Waals surface area contributed by atoms with E-state index in [4.69, 9.17) is 9.15 Å². The molecule has 4 aromatic rings. The molecule has 0 bridgehead atoms. The van der Waals surface area contributed by atoms with E-state index in [0.29, 0.717) is 28.2 Å². The predicted octanol–water partition coefficient (Wildman–Crippen LogP) is 4.56. The first-order valence-electron chi connectivity index (χ1n) is 9.25. The summed E-state index contributed by atoms with van der Waals surface area (Å²) in [6, 6.07) is 20.5. The third kappa shape index (κ3) is 4.23. The van der Waals surface area contributed by atoms with Crippen molar-refractivity contribution in [3.63, 3.8) is 0 Å². The molecule has 0 aliphatic heterocycles. The largest absolute Gasteiger partial charge is 0.497 e. The number of hydrogen-bond acceptors (Lipinski definition) is 6. The molecule has 1 atom stereocenters. The average molecular weight is 420 g/mol. The number of hydrogen-bond donors (Lipinski definition) is 1. The van der Waals surface area contributed by atoms with E-state index >= 15 is 0 Å². The summed E-state index contributed by atoms with van der Waals surface area (Å²) in [5.41, 5.74) is 1.53. The van der Waals surface area contributed by atoms with Gasteiger partial charge in [0.1, 0.15) is 11.0 Å². The molecule has 2 aromatic carbocycles. The Balaban J connectivity index is 1.62. The molecule has 0 saturated carbocycles. The highest BCUT2D eigenvalue weighted by Crippen LogP contribution is 2.36. The van der Waals surface area contributed by atoms with Gasteiger partial charge in [-0.3, -0.25) is 4.79 Å². The second-order valence-electron chi connectivity index (χ2n) is 6.47. The zero-order valence-corrected chi connectivity index (χ0v) is 17.3. The van der Waals surface area contributed by atoms with Crippen molar-refractivity contribution in [2.75, 3.05) is 12.4 Å². The number of carbonyl (C=O) groups excluding carboxylic acids is 1. The van der Waals surface area contributed by atoms with Crippen LogP contribution in [0.25, 0.3) is 11.6 Å². The molecule has 30 heavy (non-hydrogen) atoms. The van der Waals surface area contributed by atoms with Crippen LogP contribution in [0.1, 0.15) is 10.8 Å². The van der Waals surface area contributed by atoms with Crippen LogP contribution < -0.4 is 10.1 Å². The molecule has 1 unspecified atom stereocenters. The van der Waals surface area contributed by atoms with Gasteiger partial charge in [-0.2, -0.15) is 0 Å². The number of ether oxygens (including phenoxy) is 1. The molecule has 0 aliphatic rings. The molecule has 2 aromatic heterocycles. The van der Waals surface area contributed by atoms with E-state index < -0.39 is 5.25 Å². The maximum absolute atomic E-state index is 13.2. The van der Waals surface area contributed by atoms with Crippen LogP contribution in [0.5, 0.6) is 5.75 Å². The van der Waals surface area contributed by atoms with Crippen LogP contribution in [0.3, 0.4) is 0 Å². The Kier molecular flexibility index (Phi) is 5.85. The maximum Gasteiger partial charge on any atom is 0.242 e. The Bertz CT molecular complexity index is 1130. The van der Waals surface area contributed by atoms with Gasteiger partial charge in [-0.05, 0) is 29.8 Å². The molecule has 8 heteroatoms. The summed E-state index contributed by atoms with van der Waals surface area (Å²) in [7, 11) is 3.44. The van der Waals surface area contributed by atoms with Crippen molar-refractivity contribution >= 4 is 23.4 Å². The highest BCUT2D eigenvalue weighted by Gasteiger charge is 2.26. The molecule has 1 amide bonds. The van der Waals surface area contributed by atoms with Gasteiger partial charge >= 0.3 is 0 Å². The second-order valence-corrected chi connectivity index (χ2v) is 7.54. The first-order chi connectivity index (χ1) is 14.7. The lowest BCUT2D eigenvalue weighted by atomic mass is 10.1. The Morgan fingerprint density at radius 3 is 2.67 bits per heavy atom. The smallest absolute Gasteiger partial charge is 0.242 e. The first kappa shape index (κ1) is 19.8. The van der Waals surface area contributed by atoms with Gasteiger partial charge in [0.15, 0.2) is 16.7 Å². The lowest BCUT2D eigenvalue weighted by Crippen LogP contribution is -2.19. The minimum absolute atomic E-state index is 0.165. The molecule has 4 rings (SSSR count). The lowest BCUT2D eigenvalue weighted by molar-refractivity contribution is -0.115. The van der Waals surface area contributed by atoms with Crippen molar-refractivity contribution in [2.45, 2.75) is 10.4 Å². The summed E-state index contributed by atoms with van der Waals surface area (Å²) < 4.78 is 12.5. The molecular formula is C22H20N4O3S. The Morgan fingerprint density at radius 1 is 1.10 bits per heavy atom. The van der Waals surface area contributed by atoms with E-state index in [2.05, 4.69) is 15.5 Å². The van der Waals surface area contributed by atoms with Gasteiger partial charge in [0, 0.05) is 18.8 Å². The van der Waals surface area contributed by atoms with Crippen molar-refractivity contribution in [1.82, 2.24) is 14.8 Å². The van der Waals surface area contributed by atoms with Gasteiger partial charge in [0.2, 0.25) is 5.91 Å². The van der Waals surface area contributed by atoms with Gasteiger partial charge in [-0.1, -0.05) is 48.2 Å². The number of benzene rings is 2. The molecule has 0 radical (unpaired) electrons. The van der Waals surface area contributed by atoms with Gasteiger partial charge in [0.05, 0.1) is 13.4 Å². The fraction of sp³-hybridized carbons (Fsp3) is 0.136. The molecular weight excluding hydrogens is 400 g/mol. The van der Waals surface area contributed by atoms with Crippen LogP contribution in [0.15, 0.2) is 82.6 Å². The van der Waals surface area contributed by atoms with E-state index in [9.17, 15) is 4.79 Å². The Morgan fingerprint density at radius 2 is 1.93 bits per heavy atom. The van der Waals surface area contributed by atoms with Crippen LogP contribution in [0, 0.1) is 0 Å². The van der Waals surface area contributed by atoms with Crippen LogP contribution >= 0.6 is 11.8 Å². The minimum atomic E-state index is -0.523. The van der Waals surface area contributed by atoms with Gasteiger partial charge in [-0.25, -0.2) is 0 Å². The average Bonchev–Trinajstić information content (AvgIpc) is 3.42. The Labute approximate surface area is 178 Å². The fourth-order valence-corrected chi connectivity index (χ4v) is 3.96. The van der Waals surface area contributed by atoms with E-state index in [-0.39, 0.29) is 5.91 Å². The van der Waals surface area contributed by atoms with E-state index in [1.807, 2.05) is 66.2 Å². The molecule has 152 valence electrons. The number of nitrogens with one attached hydrogen (secondary N) is 1. The van der Waals surface area contributed by atoms with E-state index in [0.717, 1.165) is 5.56 Å². The fourth-order valence-electron chi connectivity index (χ4n) is 2.95. The number of furan rings is 1. The minimum Gasteiger partial charge on any atom is -0.497 e. The SMILES string of the molecule is COc1cccc(NC(=O)C(Sc2nnc(-c3ccco3)n2C)c2ccccc2)c1. The van der Waals surface area contributed by atoms with Crippen molar-refractivity contribution in [2.24, 2.45) is 7.05 Å². The normalized spacial score (nSPS) is 11.8. The number of methoxy groups -OCH3 is 1. The van der Waals surface area contributed by atoms with Gasteiger partial charge in [0.25, 0.3) is 0 Å². The molecule has 2 heterocycles. The zero-order valence-electron chi connectivity index (χ0n) is 16.5. The lowest BCUT2D eigenvalue weighted by Gasteiger charge is -2.17. The van der Waals surface area contributed by atoms with Crippen molar-refractivity contribution < 1.29 is 13.9 Å². The van der Waals surface area contributed by atoms with Gasteiger partial charge in [-0.15, -0.1) is 10.2 Å². The zero-order chi connectivity index (χ0) is 20.9. The van der Waals surface area contributed by atoms with E-state index in [1.54, 1.807) is 25.5 Å². The van der Waals surface area contributed by atoms with Crippen molar-refractivity contribution in [3.05, 3.63) is 78.6 Å². The van der Waals surface area contributed by atoms with Crippen LogP contribution in [-0.2, 0) is 11.8 Å². The quantitative estimate of drug-likeness (QED) is 0.442.